The molecular weight excluding hydrogens is 634 g/mol. The summed E-state index contributed by atoms with van der Waals surface area (Å²) in [4.78, 5) is 0. The first kappa shape index (κ1) is 27.4. The summed E-state index contributed by atoms with van der Waals surface area (Å²) in [6.45, 7) is 9.72. The van der Waals surface area contributed by atoms with E-state index in [0.717, 1.165) is 26.5 Å². The monoisotopic (exact) mass is 674 g/mol. The Hall–Kier alpha value is -0.630. The zero-order valence-corrected chi connectivity index (χ0v) is 26.8. The van der Waals surface area contributed by atoms with Crippen LogP contribution in [0.15, 0.2) is 59.7 Å². The van der Waals surface area contributed by atoms with E-state index in [2.05, 4.69) is 88.4 Å². The van der Waals surface area contributed by atoms with Gasteiger partial charge in [-0.25, -0.2) is 0 Å². The molecule has 35 heavy (non-hydrogen) atoms. The molecule has 0 aromatic heterocycles. The molecule has 6 rings (SSSR count). The van der Waals surface area contributed by atoms with Crippen LogP contribution >= 0.6 is 0 Å². The zero-order chi connectivity index (χ0) is 22.7. The van der Waals surface area contributed by atoms with Gasteiger partial charge < -0.3 is 24.8 Å². The molecule has 2 fully saturated rings. The molecule has 0 N–H and O–H groups in total. The minimum atomic E-state index is -2.92. The molecule has 4 aliphatic rings. The second-order valence-corrected chi connectivity index (χ2v) is 28.9. The van der Waals surface area contributed by atoms with E-state index in [4.69, 9.17) is 0 Å². The molecule has 2 aromatic carbocycles. The van der Waals surface area contributed by atoms with Crippen molar-refractivity contribution in [2.75, 3.05) is 0 Å². The van der Waals surface area contributed by atoms with E-state index in [0.29, 0.717) is 0 Å². The number of benzene rings is 2. The van der Waals surface area contributed by atoms with Gasteiger partial charge >= 0.3 is 207 Å². The summed E-state index contributed by atoms with van der Waals surface area (Å²) >= 11 is -2.92. The van der Waals surface area contributed by atoms with Crippen molar-refractivity contribution in [3.63, 3.8) is 0 Å². The Balaban J connectivity index is 0.00000144. The maximum atomic E-state index is 2.65. The summed E-state index contributed by atoms with van der Waals surface area (Å²) in [6, 6.07) is 19.1. The number of hydrogen-bond donors (Lipinski definition) is 0. The molecule has 0 nitrogen and oxygen atoms in total. The topological polar surface area (TPSA) is 0 Å². The van der Waals surface area contributed by atoms with Gasteiger partial charge in [-0.2, -0.15) is 0 Å². The van der Waals surface area contributed by atoms with Gasteiger partial charge in [0.2, 0.25) is 0 Å². The average molecular weight is 674 g/mol. The van der Waals surface area contributed by atoms with E-state index in [1.807, 2.05) is 11.1 Å². The normalized spacial score (nSPS) is 28.2. The summed E-state index contributed by atoms with van der Waals surface area (Å²) < 4.78 is 3.83. The molecule has 186 valence electrons. The fourth-order valence-electron chi connectivity index (χ4n) is 8.49. The van der Waals surface area contributed by atoms with Crippen LogP contribution in [-0.4, -0.2) is 0 Å². The van der Waals surface area contributed by atoms with Crippen LogP contribution in [0, 0.1) is 11.8 Å². The van der Waals surface area contributed by atoms with Crippen molar-refractivity contribution >= 4 is 12.2 Å². The van der Waals surface area contributed by atoms with Crippen LogP contribution in [0.3, 0.4) is 0 Å². The number of hydrogen-bond acceptors (Lipinski definition) is 0. The third kappa shape index (κ3) is 4.40. The Labute approximate surface area is 230 Å². The van der Waals surface area contributed by atoms with Crippen molar-refractivity contribution in [1.82, 2.24) is 0 Å². The van der Waals surface area contributed by atoms with Gasteiger partial charge in [-0.1, -0.05) is 0 Å². The van der Waals surface area contributed by atoms with Crippen LogP contribution in [0.25, 0.3) is 12.2 Å². The van der Waals surface area contributed by atoms with Crippen LogP contribution in [0.5, 0.6) is 0 Å². The second-order valence-electron chi connectivity index (χ2n) is 12.3. The summed E-state index contributed by atoms with van der Waals surface area (Å²) in [5.41, 5.74) is 10.2. The molecule has 0 spiro atoms. The second kappa shape index (κ2) is 10.6. The maximum Gasteiger partial charge on any atom is -1.00 e. The fourth-order valence-corrected chi connectivity index (χ4v) is 43.8. The molecule has 1 saturated carbocycles. The number of halogens is 2. The van der Waals surface area contributed by atoms with Crippen molar-refractivity contribution in [2.24, 2.45) is 11.8 Å². The summed E-state index contributed by atoms with van der Waals surface area (Å²) in [7, 11) is 0. The Morgan fingerprint density at radius 3 is 1.46 bits per heavy atom. The van der Waals surface area contributed by atoms with Gasteiger partial charge in [0.15, 0.2) is 0 Å². The molecule has 4 atom stereocenters. The molecule has 1 saturated heterocycles. The van der Waals surface area contributed by atoms with Crippen molar-refractivity contribution in [2.45, 2.75) is 80.9 Å². The van der Waals surface area contributed by atoms with Crippen LogP contribution in [0.2, 0.25) is 7.35 Å². The maximum absolute atomic E-state index is 2.92. The third-order valence-corrected chi connectivity index (χ3v) is 34.2. The van der Waals surface area contributed by atoms with E-state index >= 15 is 0 Å². The van der Waals surface area contributed by atoms with E-state index in [1.54, 1.807) is 22.3 Å². The smallest absolute Gasteiger partial charge is 1.00 e. The van der Waals surface area contributed by atoms with Gasteiger partial charge in [0.25, 0.3) is 0 Å². The van der Waals surface area contributed by atoms with Crippen LogP contribution in [-0.2, 0) is 20.0 Å². The first-order valence-corrected chi connectivity index (χ1v) is 21.9. The number of fused-ring (bicyclic) bond motifs is 3. The Bertz CT molecular complexity index is 1040. The van der Waals surface area contributed by atoms with E-state index < -0.39 is 20.0 Å². The van der Waals surface area contributed by atoms with Crippen LogP contribution < -0.4 is 24.8 Å². The van der Waals surface area contributed by atoms with Gasteiger partial charge in [-0.3, -0.25) is 0 Å². The molecule has 4 unspecified atom stereocenters. The third-order valence-electron chi connectivity index (χ3n) is 9.27. The van der Waals surface area contributed by atoms with Gasteiger partial charge in [-0.15, -0.1) is 0 Å². The molecule has 1 heterocycles. The minimum absolute atomic E-state index is 0. The Morgan fingerprint density at radius 2 is 1.06 bits per heavy atom. The van der Waals surface area contributed by atoms with Gasteiger partial charge in [-0.05, 0) is 0 Å². The van der Waals surface area contributed by atoms with E-state index in [-0.39, 0.29) is 24.8 Å². The quantitative estimate of drug-likeness (QED) is 0.411. The Kier molecular flexibility index (Phi) is 8.32. The minimum Gasteiger partial charge on any atom is -1.00 e. The molecule has 2 aromatic rings. The Morgan fingerprint density at radius 1 is 0.657 bits per heavy atom. The molecule has 3 aliphatic carbocycles. The van der Waals surface area contributed by atoms with Crippen LogP contribution in [0.1, 0.15) is 95.8 Å². The predicted molar refractivity (Wildman–Crippen MR) is 139 cm³/mol. The largest absolute Gasteiger partial charge is 1.00 e. The zero-order valence-electron chi connectivity index (χ0n) is 21.7. The summed E-state index contributed by atoms with van der Waals surface area (Å²) in [5, 5.41) is 0. The van der Waals surface area contributed by atoms with Crippen molar-refractivity contribution in [3.8, 4) is 0 Å². The fraction of sp³-hybridized carbons (Fsp3) is 0.500. The molecule has 3 heteroatoms. The van der Waals surface area contributed by atoms with Crippen molar-refractivity contribution in [3.05, 3.63) is 81.9 Å². The SMILES string of the molecule is CC(C)CC1=Cc2ccccc2[CH]1[Hf+2]1([CH]2C(CC(C)C)=Cc3ccccc32)[CH]2CCCC[CH]21.[Cl-].[Cl-]. The van der Waals surface area contributed by atoms with Crippen molar-refractivity contribution in [1.29, 1.82) is 0 Å². The predicted octanol–water partition coefficient (Wildman–Crippen LogP) is 3.68. The van der Waals surface area contributed by atoms with Crippen LogP contribution in [0.4, 0.5) is 0 Å². The first-order chi connectivity index (χ1) is 16.0. The van der Waals surface area contributed by atoms with E-state index in [9.17, 15) is 0 Å². The molecular formula is C32H40Cl2Hf. The molecule has 0 bridgehead atoms. The molecule has 1 aliphatic heterocycles. The van der Waals surface area contributed by atoms with Crippen molar-refractivity contribution < 1.29 is 44.8 Å². The van der Waals surface area contributed by atoms with E-state index in [1.165, 1.54) is 38.5 Å². The summed E-state index contributed by atoms with van der Waals surface area (Å²) in [5.74, 6) is 1.47. The number of rotatable bonds is 6. The van der Waals surface area contributed by atoms with Gasteiger partial charge in [0, 0.05) is 0 Å². The summed E-state index contributed by atoms with van der Waals surface area (Å²) in [6.07, 6.45) is 13.9. The molecule has 0 amide bonds. The van der Waals surface area contributed by atoms with Gasteiger partial charge in [0.1, 0.15) is 0 Å². The van der Waals surface area contributed by atoms with Gasteiger partial charge in [0.05, 0.1) is 0 Å². The first-order valence-electron chi connectivity index (χ1n) is 13.6. The average Bonchev–Trinajstić information content (AvgIpc) is 3.08. The number of allylic oxidation sites excluding steroid dienone is 2. The molecule has 0 radical (unpaired) electrons. The standard InChI is InChI=1S/2C13H15.C6H10.2ClH.Hf/c2*1-10(2)7-11-8-12-5-3-4-6-13(12)9-11;1-2-4-6-5-3-1;;;/h2*3-6,8-10H,7H2,1-2H3;1-2H,3-6H2;2*1H;/q;;;;;+2/p-2.